The zero-order chi connectivity index (χ0) is 33.8. The van der Waals surface area contributed by atoms with Gasteiger partial charge in [-0.2, -0.15) is 0 Å². The number of aromatic nitrogens is 5. The Balaban J connectivity index is 1.03. The predicted molar refractivity (Wildman–Crippen MR) is 182 cm³/mol. The molecule has 6 rings (SSSR count). The number of hydrogen-bond acceptors (Lipinski definition) is 11. The maximum atomic E-state index is 12.9. The average molecular weight is 800 g/mol. The molecule has 4 N–H and O–H groups in total. The molecule has 2 amide bonds. The van der Waals surface area contributed by atoms with Gasteiger partial charge >= 0.3 is 232 Å². The average Bonchev–Trinajstić information content (AvgIpc) is 3.51. The number of aromatic amines is 1. The molecule has 3 aromatic heterocycles. The molecule has 1 aliphatic heterocycles. The molecule has 17 heteroatoms. The van der Waals surface area contributed by atoms with Gasteiger partial charge < -0.3 is 5.32 Å². The van der Waals surface area contributed by atoms with E-state index in [1.54, 1.807) is 30.3 Å². The number of aryl methyl sites for hydroxylation is 2. The van der Waals surface area contributed by atoms with Gasteiger partial charge in [-0.1, -0.05) is 23.7 Å². The van der Waals surface area contributed by atoms with E-state index in [0.717, 1.165) is 11.4 Å². The van der Waals surface area contributed by atoms with Crippen LogP contribution in [-0.4, -0.2) is 63.6 Å². The monoisotopic (exact) mass is 799 g/mol. The van der Waals surface area contributed by atoms with Gasteiger partial charge in [-0.25, -0.2) is 0 Å². The summed E-state index contributed by atoms with van der Waals surface area (Å²) in [5, 5.41) is 9.97. The molecule has 248 valence electrons. The Kier molecular flexibility index (Phi) is 10.1. The number of piperazine rings is 1. The van der Waals surface area contributed by atoms with Crippen LogP contribution in [0.15, 0.2) is 76.6 Å². The van der Waals surface area contributed by atoms with E-state index in [1.807, 2.05) is 32.0 Å². The van der Waals surface area contributed by atoms with Crippen molar-refractivity contribution in [2.24, 2.45) is 0 Å². The second-order valence-corrected chi connectivity index (χ2v) is 14.9. The summed E-state index contributed by atoms with van der Waals surface area (Å²) < 4.78 is 3.40. The summed E-state index contributed by atoms with van der Waals surface area (Å²) in [6.45, 7) is 6.42. The Morgan fingerprint density at radius 2 is 1.77 bits per heavy atom. The number of amides is 2. The molecule has 0 unspecified atom stereocenters. The van der Waals surface area contributed by atoms with Crippen molar-refractivity contribution in [3.8, 4) is 5.69 Å². The Labute approximate surface area is 293 Å². The number of carbonyl (C=O) groups excluding carboxylic acids is 2. The number of nitrogens with one attached hydrogen (secondary N) is 4. The predicted octanol–water partition coefficient (Wildman–Crippen LogP) is 1.40. The molecule has 1 fully saturated rings. The molecular weight excluding hydrogens is 771 g/mol. The van der Waals surface area contributed by atoms with Crippen molar-refractivity contribution in [1.82, 2.24) is 27.6 Å². The molecule has 48 heavy (non-hydrogen) atoms. The molecule has 0 radical (unpaired) electrons. The number of benzene rings is 2. The first kappa shape index (κ1) is 33.3. The fourth-order valence-electron chi connectivity index (χ4n) is 4.88. The molecule has 14 nitrogen and oxygen atoms in total. The van der Waals surface area contributed by atoms with Gasteiger partial charge in [0.15, 0.2) is 0 Å². The molecule has 4 heterocycles. The van der Waals surface area contributed by atoms with Crippen molar-refractivity contribution in [1.29, 1.82) is 0 Å². The summed E-state index contributed by atoms with van der Waals surface area (Å²) in [6.07, 6.45) is 2.90. The van der Waals surface area contributed by atoms with Gasteiger partial charge in [-0.3, -0.25) is 4.79 Å². The molecule has 0 bridgehead atoms. The molecule has 0 atom stereocenters. The van der Waals surface area contributed by atoms with E-state index < -0.39 is 32.7 Å². The molecular formula is C31H29ClIN10O4S-. The number of rotatable bonds is 9. The molecule has 0 aliphatic carbocycles. The van der Waals surface area contributed by atoms with Crippen LogP contribution in [0.2, 0.25) is 5.02 Å². The first-order valence-electron chi connectivity index (χ1n) is 14.6. The van der Waals surface area contributed by atoms with Crippen LogP contribution in [0, 0.1) is 13.8 Å². The zero-order valence-electron chi connectivity index (χ0n) is 25.7. The van der Waals surface area contributed by atoms with Gasteiger partial charge in [-0.15, -0.1) is 0 Å². The second kappa shape index (κ2) is 14.6. The van der Waals surface area contributed by atoms with Gasteiger partial charge in [0, 0.05) is 0 Å². The van der Waals surface area contributed by atoms with Crippen molar-refractivity contribution in [3.05, 3.63) is 109 Å². The standard InChI is InChI=1S/C31H29ClIN10O4S/c1-18-5-3-8-22(32)27(18)40-28(45)23-17-34-30(48-23)38-24-16-25(36-19(2)35-24)41-11-13-42(14-12-41)33-29(46)37-20-6-4-7-21(15-20)43-10-9-26(44)39-31(43)47/h3-10,15-17H,11-14H2,1-2H3,(H,37,46)(H,40,45)(H,39,44,47)(H,34,35,36,38)/q-1. The van der Waals surface area contributed by atoms with Gasteiger partial charge in [-0.05, 0) is 18.6 Å². The Morgan fingerprint density at radius 1 is 0.979 bits per heavy atom. The number of hydrogen-bond donors (Lipinski definition) is 4. The van der Waals surface area contributed by atoms with E-state index in [9.17, 15) is 19.2 Å². The normalized spacial score (nSPS) is 13.4. The van der Waals surface area contributed by atoms with Crippen LogP contribution in [-0.2, 0) is 0 Å². The Bertz CT molecular complexity index is 2090. The number of halogens is 2. The van der Waals surface area contributed by atoms with Crippen LogP contribution in [0.25, 0.3) is 5.69 Å². The first-order valence-corrected chi connectivity index (χ1v) is 17.9. The quantitative estimate of drug-likeness (QED) is 0.0741. The zero-order valence-corrected chi connectivity index (χ0v) is 29.4. The van der Waals surface area contributed by atoms with Crippen LogP contribution < -0.4 is 53.6 Å². The van der Waals surface area contributed by atoms with Gasteiger partial charge in [0.25, 0.3) is 0 Å². The minimum absolute atomic E-state index is 0.0731. The number of carbonyl (C=O) groups is 2. The minimum atomic E-state index is -0.973. The summed E-state index contributed by atoms with van der Waals surface area (Å²) >= 11 is 6.49. The van der Waals surface area contributed by atoms with E-state index in [0.29, 0.717) is 69.9 Å². The molecule has 5 aromatic rings. The van der Waals surface area contributed by atoms with Crippen molar-refractivity contribution in [2.75, 3.05) is 47.0 Å². The van der Waals surface area contributed by atoms with Crippen molar-refractivity contribution in [3.63, 3.8) is 0 Å². The summed E-state index contributed by atoms with van der Waals surface area (Å²) in [6, 6.07) is 15.4. The van der Waals surface area contributed by atoms with Crippen LogP contribution in [0.1, 0.15) is 21.1 Å². The molecule has 2 aromatic carbocycles. The summed E-state index contributed by atoms with van der Waals surface area (Å²) in [4.78, 5) is 67.6. The van der Waals surface area contributed by atoms with Gasteiger partial charge in [0.2, 0.25) is 0 Å². The van der Waals surface area contributed by atoms with Crippen molar-refractivity contribution in [2.45, 2.75) is 13.8 Å². The second-order valence-electron chi connectivity index (χ2n) is 10.6. The topological polar surface area (TPSA) is 170 Å². The number of anilines is 5. The van der Waals surface area contributed by atoms with Crippen molar-refractivity contribution >= 4 is 60.9 Å². The van der Waals surface area contributed by atoms with Crippen LogP contribution in [0.4, 0.5) is 32.9 Å². The van der Waals surface area contributed by atoms with E-state index in [4.69, 9.17) is 11.6 Å². The van der Waals surface area contributed by atoms with Crippen LogP contribution in [0.3, 0.4) is 0 Å². The summed E-state index contributed by atoms with van der Waals surface area (Å²) in [5.74, 6) is 1.59. The maximum absolute atomic E-state index is 12.9. The molecule has 1 aliphatic rings. The Morgan fingerprint density at radius 3 is 2.54 bits per heavy atom. The summed E-state index contributed by atoms with van der Waals surface area (Å²) in [5.41, 5.74) is 1.49. The SMILES string of the molecule is Cc1nc(Nc2ncc(C(=O)Nc3c(C)cccc3Cl)s2)cc(N2CCN([I-]C(=O)Nc3cccc(-n4ccc(=O)[nH]c4=O)c3)CC2)n1. The molecule has 1 saturated heterocycles. The van der Waals surface area contributed by atoms with E-state index in [-0.39, 0.29) is 9.82 Å². The van der Waals surface area contributed by atoms with Crippen LogP contribution >= 0.6 is 22.9 Å². The van der Waals surface area contributed by atoms with Crippen LogP contribution in [0.5, 0.6) is 0 Å². The van der Waals surface area contributed by atoms with E-state index >= 15 is 0 Å². The summed E-state index contributed by atoms with van der Waals surface area (Å²) in [7, 11) is 0. The van der Waals surface area contributed by atoms with Gasteiger partial charge in [0.05, 0.1) is 10.7 Å². The number of para-hydroxylation sites is 1. The fourth-order valence-corrected chi connectivity index (χ4v) is 7.84. The third-order valence-corrected chi connectivity index (χ3v) is 10.8. The molecule has 0 spiro atoms. The number of H-pyrrole nitrogens is 1. The molecule has 0 saturated carbocycles. The number of thiazole rings is 1. The third-order valence-electron chi connectivity index (χ3n) is 7.19. The Hall–Kier alpha value is -4.65. The fraction of sp³-hybridized carbons (Fsp3) is 0.194. The van der Waals surface area contributed by atoms with Gasteiger partial charge in [0.1, 0.15) is 0 Å². The van der Waals surface area contributed by atoms with E-state index in [1.165, 1.54) is 34.4 Å². The third kappa shape index (κ3) is 8.07. The van der Waals surface area contributed by atoms with Crippen molar-refractivity contribution < 1.29 is 31.1 Å². The number of nitrogens with zero attached hydrogens (tertiary/aromatic N) is 6. The first-order chi connectivity index (χ1) is 23.1. The van der Waals surface area contributed by atoms with E-state index in [2.05, 4.69) is 43.9 Å².